The fraction of sp³-hybridized carbons (Fsp3) is 0.714. The summed E-state index contributed by atoms with van der Waals surface area (Å²) in [5, 5.41) is 13.4. The number of carbonyl (C=O) groups is 1. The van der Waals surface area contributed by atoms with Crippen molar-refractivity contribution in [1.29, 1.82) is 5.26 Å². The zero-order valence-electron chi connectivity index (χ0n) is 21.7. The number of benzene rings is 1. The summed E-state index contributed by atoms with van der Waals surface area (Å²) in [4.78, 5) is 17.4. The average molecular weight is 467 g/mol. The lowest BCUT2D eigenvalue weighted by Crippen LogP contribution is -2.59. The highest BCUT2D eigenvalue weighted by Gasteiger charge is 2.38. The van der Waals surface area contributed by atoms with Gasteiger partial charge in [0, 0.05) is 32.6 Å². The summed E-state index contributed by atoms with van der Waals surface area (Å²) < 4.78 is 6.16. The molecule has 1 aliphatic carbocycles. The van der Waals surface area contributed by atoms with Crippen LogP contribution in [-0.4, -0.2) is 48.8 Å². The Balaban J connectivity index is 1.60. The van der Waals surface area contributed by atoms with Crippen molar-refractivity contribution in [3.63, 3.8) is 0 Å². The number of amides is 2. The third-order valence-corrected chi connectivity index (χ3v) is 7.75. The fourth-order valence-corrected chi connectivity index (χ4v) is 5.55. The summed E-state index contributed by atoms with van der Waals surface area (Å²) in [7, 11) is 0. The van der Waals surface area contributed by atoms with E-state index in [0.717, 1.165) is 56.6 Å². The number of nitriles is 1. The number of hydrogen-bond acceptors (Lipinski definition) is 4. The first-order valence-electron chi connectivity index (χ1n) is 13.3. The van der Waals surface area contributed by atoms with Crippen molar-refractivity contribution in [2.24, 2.45) is 5.92 Å². The molecular weight excluding hydrogens is 424 g/mol. The van der Waals surface area contributed by atoms with Gasteiger partial charge in [0.2, 0.25) is 0 Å². The number of urea groups is 1. The fourth-order valence-electron chi connectivity index (χ4n) is 5.55. The molecule has 1 saturated carbocycles. The summed E-state index contributed by atoms with van der Waals surface area (Å²) >= 11 is 0. The summed E-state index contributed by atoms with van der Waals surface area (Å²) in [5.41, 5.74) is 5.46. The van der Waals surface area contributed by atoms with Crippen LogP contribution in [0.3, 0.4) is 0 Å². The van der Waals surface area contributed by atoms with E-state index >= 15 is 0 Å². The molecule has 3 aliphatic rings. The number of fused-ring (bicyclic) bond motifs is 1. The van der Waals surface area contributed by atoms with E-state index in [2.05, 4.69) is 57.0 Å². The molecule has 0 unspecified atom stereocenters. The van der Waals surface area contributed by atoms with Crippen LogP contribution in [0.1, 0.15) is 94.9 Å². The molecule has 0 spiro atoms. The van der Waals surface area contributed by atoms with Gasteiger partial charge in [0.25, 0.3) is 0 Å². The Morgan fingerprint density at radius 2 is 2.03 bits per heavy atom. The molecule has 2 aliphatic heterocycles. The molecule has 4 rings (SSSR count). The van der Waals surface area contributed by atoms with Gasteiger partial charge < -0.3 is 19.9 Å². The zero-order valence-corrected chi connectivity index (χ0v) is 21.7. The van der Waals surface area contributed by atoms with E-state index in [4.69, 9.17) is 4.74 Å². The third-order valence-electron chi connectivity index (χ3n) is 7.75. The molecule has 0 bridgehead atoms. The van der Waals surface area contributed by atoms with E-state index < -0.39 is 0 Å². The number of anilines is 1. The SMILES string of the molecule is CCCCCNC(=O)N1CCN(c2cc(C3CC3)c3c(c2C#N)CC(C)(C)OC3)C[C@H]1C(C)C. The van der Waals surface area contributed by atoms with Crippen LogP contribution in [0.4, 0.5) is 10.5 Å². The van der Waals surface area contributed by atoms with Gasteiger partial charge in [-0.05, 0) is 67.7 Å². The number of carbonyl (C=O) groups excluding carboxylic acids is 1. The Morgan fingerprint density at radius 3 is 2.68 bits per heavy atom. The van der Waals surface area contributed by atoms with E-state index in [0.29, 0.717) is 25.0 Å². The number of rotatable bonds is 7. The van der Waals surface area contributed by atoms with Crippen molar-refractivity contribution >= 4 is 11.7 Å². The normalized spacial score (nSPS) is 21.9. The van der Waals surface area contributed by atoms with Gasteiger partial charge >= 0.3 is 6.03 Å². The summed E-state index contributed by atoms with van der Waals surface area (Å²) in [5.74, 6) is 0.934. The predicted octanol–water partition coefficient (Wildman–Crippen LogP) is 5.33. The number of nitrogens with one attached hydrogen (secondary N) is 1. The zero-order chi connectivity index (χ0) is 24.5. The van der Waals surface area contributed by atoms with Crippen molar-refractivity contribution in [1.82, 2.24) is 10.2 Å². The quantitative estimate of drug-likeness (QED) is 0.551. The van der Waals surface area contributed by atoms with Crippen molar-refractivity contribution in [3.05, 3.63) is 28.3 Å². The second-order valence-electron chi connectivity index (χ2n) is 11.3. The average Bonchev–Trinajstić information content (AvgIpc) is 3.65. The van der Waals surface area contributed by atoms with E-state index in [1.54, 1.807) is 0 Å². The summed E-state index contributed by atoms with van der Waals surface area (Å²) in [6.45, 7) is 14.3. The van der Waals surface area contributed by atoms with Crippen LogP contribution in [-0.2, 0) is 17.8 Å². The predicted molar refractivity (Wildman–Crippen MR) is 136 cm³/mol. The molecule has 2 heterocycles. The Bertz CT molecular complexity index is 945. The van der Waals surface area contributed by atoms with Crippen LogP contribution in [0, 0.1) is 17.2 Å². The Kier molecular flexibility index (Phi) is 7.42. The second-order valence-corrected chi connectivity index (χ2v) is 11.3. The summed E-state index contributed by atoms with van der Waals surface area (Å²) in [6, 6.07) is 5.03. The van der Waals surface area contributed by atoms with Gasteiger partial charge in [0.15, 0.2) is 0 Å². The Morgan fingerprint density at radius 1 is 1.26 bits per heavy atom. The molecule has 6 heteroatoms. The largest absolute Gasteiger partial charge is 0.371 e. The minimum Gasteiger partial charge on any atom is -0.371 e. The monoisotopic (exact) mass is 466 g/mol. The molecule has 186 valence electrons. The molecule has 1 N–H and O–H groups in total. The minimum absolute atomic E-state index is 0.0537. The van der Waals surface area contributed by atoms with Crippen LogP contribution >= 0.6 is 0 Å². The molecule has 0 radical (unpaired) electrons. The van der Waals surface area contributed by atoms with Gasteiger partial charge in [-0.1, -0.05) is 33.6 Å². The molecule has 2 amide bonds. The van der Waals surface area contributed by atoms with Crippen LogP contribution < -0.4 is 10.2 Å². The van der Waals surface area contributed by atoms with Gasteiger partial charge in [0.05, 0.1) is 29.5 Å². The maximum absolute atomic E-state index is 13.0. The van der Waals surface area contributed by atoms with Gasteiger partial charge in [-0.2, -0.15) is 5.26 Å². The lowest BCUT2D eigenvalue weighted by molar-refractivity contribution is -0.0405. The van der Waals surface area contributed by atoms with Crippen LogP contribution in [0.15, 0.2) is 6.07 Å². The topological polar surface area (TPSA) is 68.6 Å². The highest BCUT2D eigenvalue weighted by atomic mass is 16.5. The smallest absolute Gasteiger partial charge is 0.317 e. The number of hydrogen-bond donors (Lipinski definition) is 1. The first-order valence-corrected chi connectivity index (χ1v) is 13.3. The second kappa shape index (κ2) is 10.2. The Labute approximate surface area is 205 Å². The maximum atomic E-state index is 13.0. The molecule has 1 aromatic carbocycles. The highest BCUT2D eigenvalue weighted by Crippen LogP contribution is 2.47. The molecule has 1 saturated heterocycles. The lowest BCUT2D eigenvalue weighted by atomic mass is 9.83. The van der Waals surface area contributed by atoms with Gasteiger partial charge in [-0.25, -0.2) is 4.79 Å². The number of piperazine rings is 1. The molecule has 1 aromatic rings. The number of nitrogens with zero attached hydrogens (tertiary/aromatic N) is 3. The van der Waals surface area contributed by atoms with Crippen molar-refractivity contribution < 1.29 is 9.53 Å². The van der Waals surface area contributed by atoms with Crippen molar-refractivity contribution in [3.8, 4) is 6.07 Å². The van der Waals surface area contributed by atoms with Crippen molar-refractivity contribution in [2.45, 2.75) is 97.3 Å². The maximum Gasteiger partial charge on any atom is 0.317 e. The van der Waals surface area contributed by atoms with Crippen LogP contribution in [0.5, 0.6) is 0 Å². The first kappa shape index (κ1) is 24.9. The number of ether oxygens (including phenoxy) is 1. The lowest BCUT2D eigenvalue weighted by Gasteiger charge is -2.45. The van der Waals surface area contributed by atoms with Gasteiger partial charge in [-0.15, -0.1) is 0 Å². The molecule has 2 fully saturated rings. The summed E-state index contributed by atoms with van der Waals surface area (Å²) in [6.07, 6.45) is 6.54. The van der Waals surface area contributed by atoms with E-state index in [1.807, 2.05) is 4.90 Å². The van der Waals surface area contributed by atoms with Gasteiger partial charge in [0.1, 0.15) is 6.07 Å². The first-order chi connectivity index (χ1) is 16.3. The molecule has 1 atom stereocenters. The van der Waals surface area contributed by atoms with Crippen LogP contribution in [0.25, 0.3) is 0 Å². The highest BCUT2D eigenvalue weighted by molar-refractivity contribution is 5.75. The molecule has 34 heavy (non-hydrogen) atoms. The van der Waals surface area contributed by atoms with Gasteiger partial charge in [-0.3, -0.25) is 0 Å². The van der Waals surface area contributed by atoms with E-state index in [-0.39, 0.29) is 17.7 Å². The van der Waals surface area contributed by atoms with E-state index in [9.17, 15) is 10.1 Å². The minimum atomic E-state index is -0.257. The standard InChI is InChI=1S/C28H42N4O2/c1-6-7-8-11-30-27(33)32-13-12-31(17-26(32)19(2)3)25-14-21(20-9-10-20)24-18-34-28(4,5)15-22(24)23(25)16-29/h14,19-20,26H,6-13,15,17-18H2,1-5H3,(H,30,33)/t26-/m0/s1. The van der Waals surface area contributed by atoms with E-state index in [1.165, 1.54) is 29.5 Å². The van der Waals surface area contributed by atoms with Crippen LogP contribution in [0.2, 0.25) is 0 Å². The van der Waals surface area contributed by atoms with Crippen molar-refractivity contribution in [2.75, 3.05) is 31.1 Å². The molecule has 6 nitrogen and oxygen atoms in total. The third kappa shape index (κ3) is 5.20. The Hall–Kier alpha value is -2.26. The molecule has 0 aromatic heterocycles. The number of unbranched alkanes of at least 4 members (excludes halogenated alkanes) is 2. The molecular formula is C28H42N4O2.